The molecule has 1 aliphatic carbocycles. The zero-order valence-electron chi connectivity index (χ0n) is 15.9. The number of rotatable bonds is 2. The first kappa shape index (κ1) is 18.2. The normalized spacial score (nSPS) is 19.7. The Morgan fingerprint density at radius 1 is 1.14 bits per heavy atom. The molecule has 1 spiro atoms. The number of nitriles is 1. The first-order chi connectivity index (χ1) is 13.5. The third-order valence-corrected chi connectivity index (χ3v) is 6.24. The zero-order valence-corrected chi connectivity index (χ0v) is 15.9. The Labute approximate surface area is 165 Å². The first-order valence-electron chi connectivity index (χ1n) is 9.68. The number of nitrogens with zero attached hydrogens (tertiary/aromatic N) is 2. The van der Waals surface area contributed by atoms with Crippen molar-refractivity contribution in [3.63, 3.8) is 0 Å². The fourth-order valence-corrected chi connectivity index (χ4v) is 4.75. The molecule has 0 saturated carbocycles. The molecule has 1 atom stereocenters. The van der Waals surface area contributed by atoms with Gasteiger partial charge in [0.25, 0.3) is 0 Å². The smallest absolute Gasteiger partial charge is 0.231 e. The molecule has 1 heterocycles. The van der Waals surface area contributed by atoms with Gasteiger partial charge in [-0.3, -0.25) is 9.59 Å². The van der Waals surface area contributed by atoms with Gasteiger partial charge >= 0.3 is 0 Å². The average molecular weight is 373 g/mol. The predicted molar refractivity (Wildman–Crippen MR) is 107 cm³/mol. The fourth-order valence-electron chi connectivity index (χ4n) is 4.75. The van der Waals surface area contributed by atoms with Gasteiger partial charge in [-0.1, -0.05) is 30.3 Å². The third-order valence-electron chi connectivity index (χ3n) is 6.24. The van der Waals surface area contributed by atoms with Gasteiger partial charge in [0, 0.05) is 31.1 Å². The molecule has 142 valence electrons. The molecule has 1 aliphatic heterocycles. The van der Waals surface area contributed by atoms with Gasteiger partial charge in [-0.05, 0) is 48.6 Å². The van der Waals surface area contributed by atoms with Gasteiger partial charge in [-0.15, -0.1) is 0 Å². The van der Waals surface area contributed by atoms with E-state index in [4.69, 9.17) is 5.26 Å². The van der Waals surface area contributed by atoms with Crippen LogP contribution in [0.3, 0.4) is 0 Å². The minimum absolute atomic E-state index is 0.0339. The van der Waals surface area contributed by atoms with Gasteiger partial charge in [0.2, 0.25) is 11.8 Å². The van der Waals surface area contributed by atoms with E-state index in [0.717, 1.165) is 37.9 Å². The van der Waals surface area contributed by atoms with E-state index < -0.39 is 0 Å². The lowest BCUT2D eigenvalue weighted by Crippen LogP contribution is -2.43. The molecule has 1 N–H and O–H groups in total. The Bertz CT molecular complexity index is 968. The monoisotopic (exact) mass is 373 g/mol. The summed E-state index contributed by atoms with van der Waals surface area (Å²) in [6.07, 6.45) is 2.54. The van der Waals surface area contributed by atoms with E-state index in [1.54, 1.807) is 31.2 Å². The molecule has 5 nitrogen and oxygen atoms in total. The van der Waals surface area contributed by atoms with E-state index in [1.165, 1.54) is 5.56 Å². The number of likely N-dealkylation sites (tertiary alicyclic amines) is 1. The van der Waals surface area contributed by atoms with Crippen LogP contribution in [0.4, 0.5) is 5.69 Å². The van der Waals surface area contributed by atoms with Gasteiger partial charge in [0.05, 0.1) is 17.6 Å². The van der Waals surface area contributed by atoms with Crippen molar-refractivity contribution in [3.8, 4) is 6.07 Å². The van der Waals surface area contributed by atoms with Crippen molar-refractivity contribution in [2.75, 3.05) is 18.4 Å². The van der Waals surface area contributed by atoms with Crippen molar-refractivity contribution in [1.82, 2.24) is 4.90 Å². The highest BCUT2D eigenvalue weighted by Gasteiger charge is 2.47. The second kappa shape index (κ2) is 7.12. The summed E-state index contributed by atoms with van der Waals surface area (Å²) in [4.78, 5) is 26.7. The Morgan fingerprint density at radius 3 is 2.61 bits per heavy atom. The number of hydrogen-bond donors (Lipinski definition) is 1. The summed E-state index contributed by atoms with van der Waals surface area (Å²) in [6, 6.07) is 17.3. The highest BCUT2D eigenvalue weighted by atomic mass is 16.2. The second-order valence-corrected chi connectivity index (χ2v) is 7.81. The quantitative estimate of drug-likeness (QED) is 0.875. The molecule has 0 radical (unpaired) electrons. The van der Waals surface area contributed by atoms with Crippen LogP contribution in [0, 0.1) is 11.3 Å². The molecule has 2 amide bonds. The standard InChI is InChI=1S/C23H23N3O2/c1-16(27)26-11-9-23(10-12-26)14-20(19-7-2-3-8-21(19)23)22(28)25-18-6-4-5-17(13-18)15-24/h2-8,13,20H,9-12,14H2,1H3,(H,25,28)/t20-/m0/s1. The van der Waals surface area contributed by atoms with E-state index in [-0.39, 0.29) is 23.1 Å². The van der Waals surface area contributed by atoms with Crippen LogP contribution in [0.15, 0.2) is 48.5 Å². The van der Waals surface area contributed by atoms with Crippen molar-refractivity contribution in [3.05, 3.63) is 65.2 Å². The summed E-state index contributed by atoms with van der Waals surface area (Å²) in [5.74, 6) is -0.132. The molecule has 0 unspecified atom stereocenters. The van der Waals surface area contributed by atoms with Crippen LogP contribution >= 0.6 is 0 Å². The van der Waals surface area contributed by atoms with Crippen LogP contribution < -0.4 is 5.32 Å². The van der Waals surface area contributed by atoms with Crippen LogP contribution in [-0.4, -0.2) is 29.8 Å². The van der Waals surface area contributed by atoms with Crippen molar-refractivity contribution in [2.45, 2.75) is 37.5 Å². The Kier molecular flexibility index (Phi) is 4.64. The minimum Gasteiger partial charge on any atom is -0.343 e. The minimum atomic E-state index is -0.217. The van der Waals surface area contributed by atoms with Crippen molar-refractivity contribution >= 4 is 17.5 Å². The third kappa shape index (κ3) is 3.16. The number of piperidine rings is 1. The predicted octanol–water partition coefficient (Wildman–Crippen LogP) is 3.56. The molecule has 2 aromatic carbocycles. The van der Waals surface area contributed by atoms with E-state index in [2.05, 4.69) is 23.5 Å². The molecule has 5 heteroatoms. The summed E-state index contributed by atoms with van der Waals surface area (Å²) in [6.45, 7) is 3.09. The fraction of sp³-hybridized carbons (Fsp3) is 0.348. The van der Waals surface area contributed by atoms with Gasteiger partial charge in [-0.25, -0.2) is 0 Å². The summed E-state index contributed by atoms with van der Waals surface area (Å²) in [5.41, 5.74) is 3.47. The number of carbonyl (C=O) groups is 2. The lowest BCUT2D eigenvalue weighted by molar-refractivity contribution is -0.130. The SMILES string of the molecule is CC(=O)N1CCC2(CC1)C[C@H](C(=O)Nc1cccc(C#N)c1)c1ccccc12. The lowest BCUT2D eigenvalue weighted by atomic mass is 9.73. The summed E-state index contributed by atoms with van der Waals surface area (Å²) >= 11 is 0. The maximum Gasteiger partial charge on any atom is 0.231 e. The highest BCUT2D eigenvalue weighted by molar-refractivity contribution is 5.97. The topological polar surface area (TPSA) is 73.2 Å². The average Bonchev–Trinajstić information content (AvgIpc) is 3.03. The van der Waals surface area contributed by atoms with Gasteiger partial charge in [0.1, 0.15) is 0 Å². The summed E-state index contributed by atoms with van der Waals surface area (Å²) < 4.78 is 0. The number of anilines is 1. The Morgan fingerprint density at radius 2 is 1.89 bits per heavy atom. The molecule has 0 aromatic heterocycles. The first-order valence-corrected chi connectivity index (χ1v) is 9.68. The molecule has 1 saturated heterocycles. The van der Waals surface area contributed by atoms with Crippen LogP contribution in [0.2, 0.25) is 0 Å². The van der Waals surface area contributed by atoms with Crippen LogP contribution in [-0.2, 0) is 15.0 Å². The molecule has 0 bridgehead atoms. The molecule has 4 rings (SSSR count). The zero-order chi connectivity index (χ0) is 19.7. The number of benzene rings is 2. The van der Waals surface area contributed by atoms with Gasteiger partial charge in [0.15, 0.2) is 0 Å². The van der Waals surface area contributed by atoms with E-state index in [1.807, 2.05) is 17.0 Å². The largest absolute Gasteiger partial charge is 0.343 e. The second-order valence-electron chi connectivity index (χ2n) is 7.81. The lowest BCUT2D eigenvalue weighted by Gasteiger charge is -2.40. The highest BCUT2D eigenvalue weighted by Crippen LogP contribution is 2.51. The van der Waals surface area contributed by atoms with Crippen molar-refractivity contribution in [2.24, 2.45) is 0 Å². The molecule has 2 aromatic rings. The molecule has 1 fully saturated rings. The molecule has 2 aliphatic rings. The maximum absolute atomic E-state index is 13.1. The van der Waals surface area contributed by atoms with Crippen molar-refractivity contribution in [1.29, 1.82) is 5.26 Å². The Balaban J connectivity index is 1.58. The molecular weight excluding hydrogens is 350 g/mol. The molecule has 28 heavy (non-hydrogen) atoms. The van der Waals surface area contributed by atoms with Gasteiger partial charge in [-0.2, -0.15) is 5.26 Å². The van der Waals surface area contributed by atoms with Crippen LogP contribution in [0.25, 0.3) is 0 Å². The number of amides is 2. The van der Waals surface area contributed by atoms with E-state index in [9.17, 15) is 9.59 Å². The van der Waals surface area contributed by atoms with Crippen LogP contribution in [0.1, 0.15) is 48.8 Å². The Hall–Kier alpha value is -3.13. The number of nitrogens with one attached hydrogen (secondary N) is 1. The number of carbonyl (C=O) groups excluding carboxylic acids is 2. The number of hydrogen-bond acceptors (Lipinski definition) is 3. The summed E-state index contributed by atoms with van der Waals surface area (Å²) in [7, 11) is 0. The van der Waals surface area contributed by atoms with Gasteiger partial charge < -0.3 is 10.2 Å². The molecular formula is C23H23N3O2. The van der Waals surface area contributed by atoms with E-state index >= 15 is 0 Å². The summed E-state index contributed by atoms with van der Waals surface area (Å²) in [5, 5.41) is 12.1. The van der Waals surface area contributed by atoms with E-state index in [0.29, 0.717) is 11.3 Å². The van der Waals surface area contributed by atoms with Crippen LogP contribution in [0.5, 0.6) is 0 Å². The van der Waals surface area contributed by atoms with Crippen molar-refractivity contribution < 1.29 is 9.59 Å². The number of fused-ring (bicyclic) bond motifs is 2. The maximum atomic E-state index is 13.1.